The van der Waals surface area contributed by atoms with Crippen LogP contribution in [-0.2, 0) is 0 Å². The fourth-order valence-electron chi connectivity index (χ4n) is 5.22. The lowest BCUT2D eigenvalue weighted by Crippen LogP contribution is -2.48. The van der Waals surface area contributed by atoms with Gasteiger partial charge in [0.2, 0.25) is 0 Å². The maximum Gasteiger partial charge on any atom is 0.267 e. The normalized spacial score (nSPS) is 21.1. The number of carbonyl (C=O) groups is 1. The van der Waals surface area contributed by atoms with Crippen molar-refractivity contribution in [3.63, 3.8) is 0 Å². The Morgan fingerprint density at radius 1 is 1.12 bits per heavy atom. The number of halogens is 1. The molecule has 176 valence electrons. The van der Waals surface area contributed by atoms with Gasteiger partial charge in [0.15, 0.2) is 11.4 Å². The van der Waals surface area contributed by atoms with Gasteiger partial charge in [0.05, 0.1) is 5.39 Å². The number of para-hydroxylation sites is 1. The van der Waals surface area contributed by atoms with Gasteiger partial charge in [0.25, 0.3) is 5.91 Å². The summed E-state index contributed by atoms with van der Waals surface area (Å²) in [5, 5.41) is 9.27. The number of hydrogen-bond acceptors (Lipinski definition) is 5. The van der Waals surface area contributed by atoms with Crippen LogP contribution in [0.15, 0.2) is 53.1 Å². The van der Waals surface area contributed by atoms with Gasteiger partial charge in [0, 0.05) is 49.2 Å². The second-order valence-electron chi connectivity index (χ2n) is 9.54. The Morgan fingerprint density at radius 2 is 1.94 bits per heavy atom. The molecule has 1 aliphatic heterocycles. The van der Waals surface area contributed by atoms with Crippen molar-refractivity contribution >= 4 is 33.6 Å². The smallest absolute Gasteiger partial charge is 0.267 e. The largest absolute Gasteiger partial charge is 0.354 e. The molecule has 0 bridgehead atoms. The van der Waals surface area contributed by atoms with Gasteiger partial charge in [0.1, 0.15) is 11.5 Å². The number of anilines is 1. The number of carbonyl (C=O) groups excluding carboxylic acids is 1. The Morgan fingerprint density at radius 3 is 2.76 bits per heavy atom. The van der Waals surface area contributed by atoms with E-state index in [9.17, 15) is 9.18 Å². The summed E-state index contributed by atoms with van der Waals surface area (Å²) in [6.45, 7) is 4.79. The minimum Gasteiger partial charge on any atom is -0.354 e. The molecule has 1 amide bonds. The molecule has 0 unspecified atom stereocenters. The van der Waals surface area contributed by atoms with Crippen LogP contribution in [0, 0.1) is 11.7 Å². The van der Waals surface area contributed by atoms with Crippen molar-refractivity contribution in [2.45, 2.75) is 25.3 Å². The summed E-state index contributed by atoms with van der Waals surface area (Å²) in [5.41, 5.74) is 2.12. The molecule has 8 heteroatoms. The molecule has 0 radical (unpaired) electrons. The summed E-state index contributed by atoms with van der Waals surface area (Å²) in [5.74, 6) is 1.15. The van der Waals surface area contributed by atoms with Gasteiger partial charge in [-0.25, -0.2) is 4.39 Å². The first kappa shape index (κ1) is 21.2. The molecule has 7 nitrogen and oxygen atoms in total. The molecular weight excluding hydrogens is 433 g/mol. The minimum atomic E-state index is -0.310. The van der Waals surface area contributed by atoms with Crippen molar-refractivity contribution < 1.29 is 13.7 Å². The van der Waals surface area contributed by atoms with Crippen LogP contribution in [0.25, 0.3) is 21.9 Å². The van der Waals surface area contributed by atoms with E-state index in [0.29, 0.717) is 17.2 Å². The number of aromatic nitrogens is 2. The zero-order chi connectivity index (χ0) is 23.1. The molecule has 0 spiro atoms. The van der Waals surface area contributed by atoms with Crippen LogP contribution in [0.4, 0.5) is 10.2 Å². The summed E-state index contributed by atoms with van der Waals surface area (Å²) in [6, 6.07) is 14.7. The zero-order valence-corrected chi connectivity index (χ0v) is 19.0. The first-order valence-corrected chi connectivity index (χ1v) is 12.0. The number of hydrogen-bond donors (Lipinski definition) is 2. The predicted octanol–water partition coefficient (Wildman–Crippen LogP) is 4.17. The number of nitrogens with one attached hydrogen (secondary N) is 2. The number of aromatic amines is 1. The van der Waals surface area contributed by atoms with Crippen molar-refractivity contribution in [1.82, 2.24) is 20.4 Å². The van der Waals surface area contributed by atoms with Gasteiger partial charge in [-0.15, -0.1) is 0 Å². The number of fused-ring (bicyclic) bond motifs is 2. The van der Waals surface area contributed by atoms with E-state index in [1.165, 1.54) is 12.1 Å². The van der Waals surface area contributed by atoms with Crippen molar-refractivity contribution in [2.75, 3.05) is 37.6 Å². The average Bonchev–Trinajstić information content (AvgIpc) is 3.44. The van der Waals surface area contributed by atoms with E-state index in [1.54, 1.807) is 6.07 Å². The molecule has 34 heavy (non-hydrogen) atoms. The fraction of sp³-hybridized carbons (Fsp3) is 0.385. The van der Waals surface area contributed by atoms with Crippen molar-refractivity contribution in [3.8, 4) is 0 Å². The SMILES string of the molecule is O=C(NC1CC(CCN2CCN(c3noc4cc(F)ccc34)CC2)C1)c1cc2ccccc2[nH]1. The molecule has 1 saturated heterocycles. The van der Waals surface area contributed by atoms with Crippen molar-refractivity contribution in [3.05, 3.63) is 60.0 Å². The van der Waals surface area contributed by atoms with Gasteiger partial charge in [-0.05, 0) is 56.0 Å². The Kier molecular flexibility index (Phi) is 5.45. The summed E-state index contributed by atoms with van der Waals surface area (Å²) in [4.78, 5) is 20.5. The van der Waals surface area contributed by atoms with E-state index in [-0.39, 0.29) is 17.8 Å². The lowest BCUT2D eigenvalue weighted by molar-refractivity contribution is 0.0873. The lowest BCUT2D eigenvalue weighted by atomic mass is 9.78. The van der Waals surface area contributed by atoms with Crippen molar-refractivity contribution in [1.29, 1.82) is 0 Å². The molecular formula is C26H28FN5O2. The lowest BCUT2D eigenvalue weighted by Gasteiger charge is -2.39. The van der Waals surface area contributed by atoms with Crippen LogP contribution in [0.3, 0.4) is 0 Å². The molecule has 3 heterocycles. The highest BCUT2D eigenvalue weighted by Gasteiger charge is 2.31. The second kappa shape index (κ2) is 8.76. The first-order valence-electron chi connectivity index (χ1n) is 12.0. The highest BCUT2D eigenvalue weighted by Crippen LogP contribution is 2.31. The van der Waals surface area contributed by atoms with E-state index in [0.717, 1.165) is 74.1 Å². The second-order valence-corrected chi connectivity index (χ2v) is 9.54. The average molecular weight is 462 g/mol. The number of nitrogens with zero attached hydrogens (tertiary/aromatic N) is 3. The van der Waals surface area contributed by atoms with E-state index in [2.05, 4.69) is 25.3 Å². The van der Waals surface area contributed by atoms with Crippen LogP contribution < -0.4 is 10.2 Å². The van der Waals surface area contributed by atoms with Crippen LogP contribution in [-0.4, -0.2) is 59.7 Å². The van der Waals surface area contributed by atoms with E-state index >= 15 is 0 Å². The maximum absolute atomic E-state index is 13.4. The van der Waals surface area contributed by atoms with E-state index in [1.807, 2.05) is 30.3 Å². The van der Waals surface area contributed by atoms with Gasteiger partial charge in [-0.2, -0.15) is 0 Å². The first-order chi connectivity index (χ1) is 16.6. The molecule has 2 N–H and O–H groups in total. The molecule has 6 rings (SSSR count). The van der Waals surface area contributed by atoms with Crippen LogP contribution in [0.5, 0.6) is 0 Å². The summed E-state index contributed by atoms with van der Waals surface area (Å²) < 4.78 is 18.7. The Hall–Kier alpha value is -3.39. The maximum atomic E-state index is 13.4. The zero-order valence-electron chi connectivity index (χ0n) is 19.0. The number of piperazine rings is 1. The van der Waals surface area contributed by atoms with Crippen LogP contribution >= 0.6 is 0 Å². The van der Waals surface area contributed by atoms with Crippen LogP contribution in [0.1, 0.15) is 29.8 Å². The Bertz CT molecular complexity index is 1280. The third-order valence-corrected chi connectivity index (χ3v) is 7.29. The quantitative estimate of drug-likeness (QED) is 0.451. The summed E-state index contributed by atoms with van der Waals surface area (Å²) in [7, 11) is 0. The molecule has 1 aliphatic carbocycles. The molecule has 2 fully saturated rings. The summed E-state index contributed by atoms with van der Waals surface area (Å²) >= 11 is 0. The third kappa shape index (κ3) is 4.14. The van der Waals surface area contributed by atoms with E-state index in [4.69, 9.17) is 4.52 Å². The highest BCUT2D eigenvalue weighted by molar-refractivity contribution is 5.98. The topological polar surface area (TPSA) is 77.4 Å². The van der Waals surface area contributed by atoms with Crippen molar-refractivity contribution in [2.24, 2.45) is 5.92 Å². The predicted molar refractivity (Wildman–Crippen MR) is 130 cm³/mol. The number of benzene rings is 2. The van der Waals surface area contributed by atoms with E-state index < -0.39 is 0 Å². The molecule has 4 aromatic rings. The molecule has 1 saturated carbocycles. The number of rotatable bonds is 6. The van der Waals surface area contributed by atoms with Gasteiger partial charge in [-0.1, -0.05) is 23.4 Å². The minimum absolute atomic E-state index is 0.0149. The number of amides is 1. The van der Waals surface area contributed by atoms with Gasteiger partial charge in [-0.3, -0.25) is 9.69 Å². The van der Waals surface area contributed by atoms with Gasteiger partial charge >= 0.3 is 0 Å². The third-order valence-electron chi connectivity index (χ3n) is 7.29. The number of H-pyrrole nitrogens is 1. The molecule has 2 aromatic carbocycles. The van der Waals surface area contributed by atoms with Gasteiger partial charge < -0.3 is 19.7 Å². The monoisotopic (exact) mass is 461 g/mol. The molecule has 2 aromatic heterocycles. The molecule has 2 aliphatic rings. The molecule has 0 atom stereocenters. The Balaban J connectivity index is 0.935. The standard InChI is InChI=1S/C26H28FN5O2/c27-19-5-6-21-24(16-19)34-30-25(21)32-11-9-31(10-12-32)8-7-17-13-20(14-17)28-26(33)23-15-18-3-1-2-4-22(18)29-23/h1-6,15-17,20,29H,7-14H2,(H,28,33). The van der Waals surface area contributed by atoms with Crippen LogP contribution in [0.2, 0.25) is 0 Å². The Labute approximate surface area is 196 Å². The summed E-state index contributed by atoms with van der Waals surface area (Å²) in [6.07, 6.45) is 3.26. The fourth-order valence-corrected chi connectivity index (χ4v) is 5.22. The highest BCUT2D eigenvalue weighted by atomic mass is 19.1.